The van der Waals surface area contributed by atoms with E-state index in [1.54, 1.807) is 32.2 Å². The maximum atomic E-state index is 12.6. The number of nitro benzene ring substituents is 1. The Hall–Kier alpha value is -3.09. The van der Waals surface area contributed by atoms with Gasteiger partial charge in [0.25, 0.3) is 11.6 Å². The summed E-state index contributed by atoms with van der Waals surface area (Å²) in [4.78, 5) is 24.4. The van der Waals surface area contributed by atoms with Crippen LogP contribution >= 0.6 is 0 Å². The monoisotopic (exact) mass is 344 g/mol. The Labute approximate surface area is 145 Å². The molecule has 0 heterocycles. The maximum absolute atomic E-state index is 12.6. The molecule has 0 saturated heterocycles. The highest BCUT2D eigenvalue weighted by molar-refractivity contribution is 5.94. The third-order valence-corrected chi connectivity index (χ3v) is 4.12. The third kappa shape index (κ3) is 3.88. The highest BCUT2D eigenvalue weighted by atomic mass is 16.6. The first kappa shape index (κ1) is 18.3. The summed E-state index contributed by atoms with van der Waals surface area (Å²) in [7, 11) is 4.80. The number of methoxy groups -OCH3 is 2. The maximum Gasteiger partial charge on any atom is 0.269 e. The molecule has 1 unspecified atom stereocenters. The summed E-state index contributed by atoms with van der Waals surface area (Å²) in [5.74, 6) is 0.975. The van der Waals surface area contributed by atoms with E-state index in [9.17, 15) is 14.9 Å². The fourth-order valence-electron chi connectivity index (χ4n) is 2.44. The van der Waals surface area contributed by atoms with Gasteiger partial charge in [0.15, 0.2) is 11.5 Å². The van der Waals surface area contributed by atoms with Crippen LogP contribution in [0, 0.1) is 10.1 Å². The molecule has 0 aliphatic rings. The Morgan fingerprint density at radius 2 is 1.68 bits per heavy atom. The lowest BCUT2D eigenvalue weighted by molar-refractivity contribution is -0.384. The second-order valence-corrected chi connectivity index (χ2v) is 5.51. The van der Waals surface area contributed by atoms with Crippen LogP contribution in [-0.4, -0.2) is 37.0 Å². The minimum absolute atomic E-state index is 0.0489. The van der Waals surface area contributed by atoms with Crippen molar-refractivity contribution in [2.24, 2.45) is 0 Å². The summed E-state index contributed by atoms with van der Waals surface area (Å²) >= 11 is 0. The van der Waals surface area contributed by atoms with Crippen molar-refractivity contribution in [1.29, 1.82) is 0 Å². The van der Waals surface area contributed by atoms with Crippen LogP contribution in [0.15, 0.2) is 42.5 Å². The molecule has 0 saturated carbocycles. The predicted octanol–water partition coefficient (Wildman–Crippen LogP) is 3.45. The topological polar surface area (TPSA) is 81.9 Å². The molecule has 25 heavy (non-hydrogen) atoms. The zero-order valence-electron chi connectivity index (χ0n) is 14.6. The molecule has 0 fully saturated rings. The fraction of sp³-hybridized carbons (Fsp3) is 0.278. The molecule has 1 amide bonds. The number of nitro groups is 1. The molecule has 132 valence electrons. The number of hydrogen-bond donors (Lipinski definition) is 0. The van der Waals surface area contributed by atoms with E-state index in [1.807, 2.05) is 19.1 Å². The molecule has 7 nitrogen and oxygen atoms in total. The Morgan fingerprint density at radius 3 is 2.20 bits per heavy atom. The Kier molecular flexibility index (Phi) is 5.59. The number of nitrogens with zero attached hydrogens (tertiary/aromatic N) is 2. The summed E-state index contributed by atoms with van der Waals surface area (Å²) in [6, 6.07) is 10.8. The molecule has 0 bridgehead atoms. The SMILES string of the molecule is COc1ccc(C(C)N(C)C(=O)c2ccc([N+](=O)[O-])cc2)cc1OC. The summed E-state index contributed by atoms with van der Waals surface area (Å²) in [5.41, 5.74) is 1.22. The molecule has 7 heteroatoms. The molecular formula is C18H20N2O5. The number of non-ortho nitro benzene ring substituents is 1. The van der Waals surface area contributed by atoms with Crippen molar-refractivity contribution in [2.45, 2.75) is 13.0 Å². The molecule has 0 radical (unpaired) electrons. The van der Waals surface area contributed by atoms with Gasteiger partial charge in [-0.15, -0.1) is 0 Å². The number of hydrogen-bond acceptors (Lipinski definition) is 5. The predicted molar refractivity (Wildman–Crippen MR) is 93.2 cm³/mol. The van der Waals surface area contributed by atoms with E-state index in [2.05, 4.69) is 0 Å². The quantitative estimate of drug-likeness (QED) is 0.592. The van der Waals surface area contributed by atoms with Gasteiger partial charge in [-0.1, -0.05) is 6.07 Å². The van der Waals surface area contributed by atoms with Gasteiger partial charge >= 0.3 is 0 Å². The fourth-order valence-corrected chi connectivity index (χ4v) is 2.44. The van der Waals surface area contributed by atoms with E-state index in [0.29, 0.717) is 17.1 Å². The largest absolute Gasteiger partial charge is 0.493 e. The first-order valence-corrected chi connectivity index (χ1v) is 7.62. The Bertz CT molecular complexity index is 774. The van der Waals surface area contributed by atoms with Crippen molar-refractivity contribution in [3.63, 3.8) is 0 Å². The number of rotatable bonds is 6. The van der Waals surface area contributed by atoms with Gasteiger partial charge < -0.3 is 14.4 Å². The van der Waals surface area contributed by atoms with Gasteiger partial charge in [0, 0.05) is 24.7 Å². The molecule has 0 aliphatic heterocycles. The zero-order valence-corrected chi connectivity index (χ0v) is 14.6. The molecule has 0 aromatic heterocycles. The second kappa shape index (κ2) is 7.65. The van der Waals surface area contributed by atoms with Crippen molar-refractivity contribution in [1.82, 2.24) is 4.90 Å². The highest BCUT2D eigenvalue weighted by Crippen LogP contribution is 2.31. The van der Waals surface area contributed by atoms with Crippen molar-refractivity contribution in [2.75, 3.05) is 21.3 Å². The lowest BCUT2D eigenvalue weighted by Crippen LogP contribution is -2.29. The molecule has 0 N–H and O–H groups in total. The van der Waals surface area contributed by atoms with Gasteiger partial charge in [-0.25, -0.2) is 0 Å². The summed E-state index contributed by atoms with van der Waals surface area (Å²) in [5, 5.41) is 10.7. The molecule has 2 aromatic rings. The third-order valence-electron chi connectivity index (χ3n) is 4.12. The molecule has 1 atom stereocenters. The molecule has 0 spiro atoms. The molecular weight excluding hydrogens is 324 g/mol. The number of carbonyl (C=O) groups excluding carboxylic acids is 1. The first-order valence-electron chi connectivity index (χ1n) is 7.62. The number of carbonyl (C=O) groups is 1. The van der Waals surface area contributed by atoms with Crippen LogP contribution in [0.5, 0.6) is 11.5 Å². The van der Waals surface area contributed by atoms with E-state index in [-0.39, 0.29) is 17.6 Å². The minimum atomic E-state index is -0.496. The number of ether oxygens (including phenoxy) is 2. The Morgan fingerprint density at radius 1 is 1.08 bits per heavy atom. The molecule has 2 aromatic carbocycles. The van der Waals surface area contributed by atoms with Crippen LogP contribution in [0.4, 0.5) is 5.69 Å². The van der Waals surface area contributed by atoms with E-state index in [1.165, 1.54) is 24.3 Å². The second-order valence-electron chi connectivity index (χ2n) is 5.51. The average Bonchev–Trinajstić information content (AvgIpc) is 2.65. The van der Waals surface area contributed by atoms with Crippen LogP contribution in [-0.2, 0) is 0 Å². The van der Waals surface area contributed by atoms with Gasteiger partial charge in [0.05, 0.1) is 25.2 Å². The van der Waals surface area contributed by atoms with Gasteiger partial charge in [-0.3, -0.25) is 14.9 Å². The van der Waals surface area contributed by atoms with Crippen LogP contribution in [0.3, 0.4) is 0 Å². The highest BCUT2D eigenvalue weighted by Gasteiger charge is 2.21. The van der Waals surface area contributed by atoms with E-state index >= 15 is 0 Å². The minimum Gasteiger partial charge on any atom is -0.493 e. The summed E-state index contributed by atoms with van der Waals surface area (Å²) in [6.07, 6.45) is 0. The smallest absolute Gasteiger partial charge is 0.269 e. The normalized spacial score (nSPS) is 11.5. The van der Waals surface area contributed by atoms with Crippen molar-refractivity contribution < 1.29 is 19.2 Å². The van der Waals surface area contributed by atoms with Gasteiger partial charge in [-0.2, -0.15) is 0 Å². The van der Waals surface area contributed by atoms with Crippen LogP contribution in [0.2, 0.25) is 0 Å². The zero-order chi connectivity index (χ0) is 18.6. The van der Waals surface area contributed by atoms with Gasteiger partial charge in [0.2, 0.25) is 0 Å². The molecule has 2 rings (SSSR count). The first-order chi connectivity index (χ1) is 11.9. The number of amides is 1. The van der Waals surface area contributed by atoms with Crippen LogP contribution in [0.25, 0.3) is 0 Å². The Balaban J connectivity index is 2.22. The lowest BCUT2D eigenvalue weighted by Gasteiger charge is -2.26. The van der Waals surface area contributed by atoms with E-state index in [4.69, 9.17) is 9.47 Å². The van der Waals surface area contributed by atoms with Crippen LogP contribution in [0.1, 0.15) is 28.9 Å². The van der Waals surface area contributed by atoms with Gasteiger partial charge in [0.1, 0.15) is 0 Å². The van der Waals surface area contributed by atoms with Crippen LogP contribution < -0.4 is 9.47 Å². The average molecular weight is 344 g/mol. The summed E-state index contributed by atoms with van der Waals surface area (Å²) in [6.45, 7) is 1.89. The van der Waals surface area contributed by atoms with Crippen molar-refractivity contribution >= 4 is 11.6 Å². The number of benzene rings is 2. The van der Waals surface area contributed by atoms with Gasteiger partial charge in [-0.05, 0) is 36.8 Å². The molecule has 0 aliphatic carbocycles. The van der Waals surface area contributed by atoms with E-state index in [0.717, 1.165) is 5.56 Å². The standard InChI is InChI=1S/C18H20N2O5/c1-12(14-7-10-16(24-3)17(11-14)25-4)19(2)18(21)13-5-8-15(9-6-13)20(22)23/h5-12H,1-4H3. The van der Waals surface area contributed by atoms with Crippen molar-refractivity contribution in [3.8, 4) is 11.5 Å². The van der Waals surface area contributed by atoms with E-state index < -0.39 is 4.92 Å². The summed E-state index contributed by atoms with van der Waals surface area (Å²) < 4.78 is 10.5. The lowest BCUT2D eigenvalue weighted by atomic mass is 10.1. The van der Waals surface area contributed by atoms with Crippen molar-refractivity contribution in [3.05, 3.63) is 63.7 Å².